The molecule has 0 aliphatic carbocycles. The van der Waals surface area contributed by atoms with E-state index in [0.29, 0.717) is 6.42 Å². The van der Waals surface area contributed by atoms with Crippen molar-refractivity contribution >= 4 is 22.5 Å². The lowest BCUT2D eigenvalue weighted by Crippen LogP contribution is -2.36. The number of nitrogens with zero attached hydrogens (tertiary/aromatic N) is 1. The lowest BCUT2D eigenvalue weighted by molar-refractivity contribution is -0.128. The second-order valence-electron chi connectivity index (χ2n) is 5.31. The van der Waals surface area contributed by atoms with E-state index in [1.54, 1.807) is 7.11 Å². The summed E-state index contributed by atoms with van der Waals surface area (Å²) in [5.41, 5.74) is 4.56. The summed E-state index contributed by atoms with van der Waals surface area (Å²) in [6.45, 7) is 0.788. The number of ether oxygens (including phenoxy) is 1. The number of hydrogen-bond donors (Lipinski definition) is 1. The van der Waals surface area contributed by atoms with Gasteiger partial charge in [0.05, 0.1) is 18.5 Å². The molecule has 4 rings (SSSR count). The normalized spacial score (nSPS) is 17.8. The number of aromatic nitrogens is 1. The van der Waals surface area contributed by atoms with Crippen molar-refractivity contribution in [1.29, 1.82) is 0 Å². The van der Waals surface area contributed by atoms with Crippen LogP contribution in [0.25, 0.3) is 16.6 Å². The monoisotopic (exact) mass is 268 g/mol. The number of hydrogen-bond acceptors (Lipinski definition) is 2. The Kier molecular flexibility index (Phi) is 2.39. The molecule has 102 valence electrons. The smallest absolute Gasteiger partial charge is 0.227 e. The maximum Gasteiger partial charge on any atom is 0.227 e. The van der Waals surface area contributed by atoms with E-state index in [1.165, 1.54) is 10.9 Å². The van der Waals surface area contributed by atoms with Gasteiger partial charge in [-0.2, -0.15) is 0 Å². The first kappa shape index (κ1) is 11.6. The lowest BCUT2D eigenvalue weighted by Gasteiger charge is -2.32. The van der Waals surface area contributed by atoms with E-state index in [0.717, 1.165) is 42.0 Å². The quantitative estimate of drug-likeness (QED) is 0.864. The molecule has 0 unspecified atom stereocenters. The number of carbonyl (C=O) groups excluding carboxylic acids is 1. The van der Waals surface area contributed by atoms with Crippen molar-refractivity contribution in [1.82, 2.24) is 9.88 Å². The third-order valence-electron chi connectivity index (χ3n) is 4.24. The van der Waals surface area contributed by atoms with Crippen molar-refractivity contribution in [2.45, 2.75) is 19.3 Å². The minimum absolute atomic E-state index is 0.240. The van der Waals surface area contributed by atoms with Crippen molar-refractivity contribution in [3.05, 3.63) is 35.5 Å². The third kappa shape index (κ3) is 1.51. The van der Waals surface area contributed by atoms with E-state index in [4.69, 9.17) is 4.74 Å². The van der Waals surface area contributed by atoms with Gasteiger partial charge in [0.15, 0.2) is 0 Å². The molecular weight excluding hydrogens is 252 g/mol. The Morgan fingerprint density at radius 2 is 2.20 bits per heavy atom. The van der Waals surface area contributed by atoms with Gasteiger partial charge in [0, 0.05) is 29.9 Å². The molecule has 20 heavy (non-hydrogen) atoms. The largest absolute Gasteiger partial charge is 0.497 e. The molecular formula is C16H16N2O2. The van der Waals surface area contributed by atoms with Gasteiger partial charge in [0.25, 0.3) is 0 Å². The number of benzene rings is 1. The maximum atomic E-state index is 12.0. The number of methoxy groups -OCH3 is 1. The molecule has 0 atom stereocenters. The van der Waals surface area contributed by atoms with Gasteiger partial charge in [-0.3, -0.25) is 4.79 Å². The summed E-state index contributed by atoms with van der Waals surface area (Å²) >= 11 is 0. The van der Waals surface area contributed by atoms with Crippen LogP contribution in [0.2, 0.25) is 0 Å². The zero-order valence-corrected chi connectivity index (χ0v) is 11.4. The van der Waals surface area contributed by atoms with Crippen molar-refractivity contribution in [3.63, 3.8) is 0 Å². The third-order valence-corrected chi connectivity index (χ3v) is 4.24. The van der Waals surface area contributed by atoms with Crippen molar-refractivity contribution in [3.8, 4) is 5.75 Å². The second kappa shape index (κ2) is 4.13. The van der Waals surface area contributed by atoms with Crippen LogP contribution >= 0.6 is 0 Å². The fourth-order valence-electron chi connectivity index (χ4n) is 3.26. The molecule has 1 N–H and O–H groups in total. The van der Waals surface area contributed by atoms with Crippen LogP contribution in [0.15, 0.2) is 24.3 Å². The van der Waals surface area contributed by atoms with Crippen LogP contribution in [0.3, 0.4) is 0 Å². The molecule has 3 heterocycles. The Morgan fingerprint density at radius 3 is 3.05 bits per heavy atom. The second-order valence-corrected chi connectivity index (χ2v) is 5.31. The standard InChI is InChI=1S/C16H16N2O2/c1-20-10-5-6-11-12-7-8-18-14(3-2-4-15(18)19)16(12)17-13(11)9-10/h3,5-6,9,17H,2,4,7-8H2,1H3. The van der Waals surface area contributed by atoms with Crippen LogP contribution in [0.1, 0.15) is 24.1 Å². The Labute approximate surface area is 117 Å². The highest BCUT2D eigenvalue weighted by atomic mass is 16.5. The Hall–Kier alpha value is -2.23. The molecule has 0 saturated carbocycles. The molecule has 2 aliphatic rings. The Bertz CT molecular complexity index is 742. The lowest BCUT2D eigenvalue weighted by atomic mass is 9.97. The predicted octanol–water partition coefficient (Wildman–Crippen LogP) is 2.70. The molecule has 2 aliphatic heterocycles. The predicted molar refractivity (Wildman–Crippen MR) is 77.5 cm³/mol. The number of amides is 1. The fourth-order valence-corrected chi connectivity index (χ4v) is 3.26. The summed E-state index contributed by atoms with van der Waals surface area (Å²) in [5.74, 6) is 1.09. The van der Waals surface area contributed by atoms with Gasteiger partial charge in [-0.1, -0.05) is 6.08 Å². The average molecular weight is 268 g/mol. The molecule has 0 spiro atoms. The summed E-state index contributed by atoms with van der Waals surface area (Å²) in [6.07, 6.45) is 4.55. The molecule has 1 amide bonds. The first-order valence-electron chi connectivity index (χ1n) is 6.97. The van der Waals surface area contributed by atoms with Crippen molar-refractivity contribution in [2.75, 3.05) is 13.7 Å². The highest BCUT2D eigenvalue weighted by Gasteiger charge is 2.30. The highest BCUT2D eigenvalue weighted by Crippen LogP contribution is 2.37. The van der Waals surface area contributed by atoms with Gasteiger partial charge < -0.3 is 14.6 Å². The van der Waals surface area contributed by atoms with Crippen LogP contribution < -0.4 is 4.74 Å². The summed E-state index contributed by atoms with van der Waals surface area (Å²) in [4.78, 5) is 17.4. The molecule has 4 nitrogen and oxygen atoms in total. The number of nitrogens with one attached hydrogen (secondary N) is 1. The molecule has 0 radical (unpaired) electrons. The number of H-pyrrole nitrogens is 1. The van der Waals surface area contributed by atoms with E-state index in [9.17, 15) is 4.79 Å². The zero-order valence-electron chi connectivity index (χ0n) is 11.4. The van der Waals surface area contributed by atoms with Crippen LogP contribution in [0, 0.1) is 0 Å². The van der Waals surface area contributed by atoms with Crippen LogP contribution in [0.5, 0.6) is 5.75 Å². The molecule has 4 heteroatoms. The summed E-state index contributed by atoms with van der Waals surface area (Å²) in [7, 11) is 1.67. The van der Waals surface area contributed by atoms with Crippen LogP contribution in [-0.4, -0.2) is 29.4 Å². The van der Waals surface area contributed by atoms with Crippen molar-refractivity contribution < 1.29 is 9.53 Å². The van der Waals surface area contributed by atoms with E-state index >= 15 is 0 Å². The highest BCUT2D eigenvalue weighted by molar-refractivity contribution is 5.96. The van der Waals surface area contributed by atoms with Gasteiger partial charge in [-0.15, -0.1) is 0 Å². The minimum Gasteiger partial charge on any atom is -0.497 e. The molecule has 0 saturated heterocycles. The first-order valence-corrected chi connectivity index (χ1v) is 6.97. The van der Waals surface area contributed by atoms with E-state index in [1.807, 2.05) is 17.0 Å². The number of carbonyl (C=O) groups is 1. The minimum atomic E-state index is 0.240. The summed E-state index contributed by atoms with van der Waals surface area (Å²) in [6, 6.07) is 6.11. The van der Waals surface area contributed by atoms with Gasteiger partial charge >= 0.3 is 0 Å². The van der Waals surface area contributed by atoms with Crippen LogP contribution in [-0.2, 0) is 11.2 Å². The first-order chi connectivity index (χ1) is 9.78. The average Bonchev–Trinajstić information content (AvgIpc) is 2.85. The van der Waals surface area contributed by atoms with E-state index in [-0.39, 0.29) is 5.91 Å². The Balaban J connectivity index is 1.92. The molecule has 1 aromatic carbocycles. The topological polar surface area (TPSA) is 45.3 Å². The molecule has 0 bridgehead atoms. The van der Waals surface area contributed by atoms with Gasteiger partial charge in [-0.25, -0.2) is 0 Å². The molecule has 2 aromatic rings. The Morgan fingerprint density at radius 1 is 1.30 bits per heavy atom. The maximum absolute atomic E-state index is 12.0. The van der Waals surface area contributed by atoms with Crippen LogP contribution in [0.4, 0.5) is 0 Å². The van der Waals surface area contributed by atoms with Gasteiger partial charge in [-0.05, 0) is 30.5 Å². The summed E-state index contributed by atoms with van der Waals surface area (Å²) in [5, 5.41) is 1.24. The number of aromatic amines is 1. The number of allylic oxidation sites excluding steroid dienone is 1. The molecule has 1 aromatic heterocycles. The fraction of sp³-hybridized carbons (Fsp3) is 0.312. The SMILES string of the molecule is COc1ccc2c3c([nH]c2c1)C1=CCCC(=O)N1CC3. The van der Waals surface area contributed by atoms with Gasteiger partial charge in [0.1, 0.15) is 5.75 Å². The van der Waals surface area contributed by atoms with E-state index in [2.05, 4.69) is 17.1 Å². The van der Waals surface area contributed by atoms with E-state index < -0.39 is 0 Å². The van der Waals surface area contributed by atoms with Gasteiger partial charge in [0.2, 0.25) is 5.91 Å². The molecule has 0 fully saturated rings. The number of fused-ring (bicyclic) bond motifs is 5. The zero-order chi connectivity index (χ0) is 13.7. The summed E-state index contributed by atoms with van der Waals surface area (Å²) < 4.78 is 5.28. The van der Waals surface area contributed by atoms with Crippen molar-refractivity contribution in [2.24, 2.45) is 0 Å². The number of rotatable bonds is 1.